The minimum atomic E-state index is -0.353. The van der Waals surface area contributed by atoms with Crippen molar-refractivity contribution in [2.45, 2.75) is 33.3 Å². The van der Waals surface area contributed by atoms with E-state index in [0.717, 1.165) is 44.8 Å². The van der Waals surface area contributed by atoms with Gasteiger partial charge in [0.15, 0.2) is 12.3 Å². The summed E-state index contributed by atoms with van der Waals surface area (Å²) in [4.78, 5) is 21.4. The average molecular weight is 457 g/mol. The molecule has 0 aliphatic heterocycles. The molecule has 0 fully saturated rings. The number of nitrogens with zero attached hydrogens (tertiary/aromatic N) is 5. The molecule has 9 nitrogen and oxygen atoms in total. The fraction of sp³-hybridized carbons (Fsp3) is 0.240. The minimum Gasteiger partial charge on any atom is -0.497 e. The molecular weight excluding hydrogens is 434 g/mol. The molecule has 0 saturated carbocycles. The quantitative estimate of drug-likeness (QED) is 0.334. The highest BCUT2D eigenvalue weighted by molar-refractivity contribution is 5.92. The number of carbonyl (C=O) groups is 1. The molecule has 0 atom stereocenters. The smallest absolute Gasteiger partial charge is 0.306 e. The molecule has 172 valence electrons. The van der Waals surface area contributed by atoms with Gasteiger partial charge in [0.25, 0.3) is 5.89 Å². The summed E-state index contributed by atoms with van der Waals surface area (Å²) in [5.74, 6) is 1.04. The van der Waals surface area contributed by atoms with E-state index in [1.165, 1.54) is 0 Å². The lowest BCUT2D eigenvalue weighted by Crippen LogP contribution is -2.10. The van der Waals surface area contributed by atoms with E-state index in [1.54, 1.807) is 7.11 Å². The predicted molar refractivity (Wildman–Crippen MR) is 124 cm³/mol. The van der Waals surface area contributed by atoms with E-state index in [4.69, 9.17) is 19.0 Å². The molecular formula is C25H23N5O4. The molecule has 2 aromatic carbocycles. The third-order valence-electron chi connectivity index (χ3n) is 5.77. The molecule has 34 heavy (non-hydrogen) atoms. The number of carbonyl (C=O) groups excluding carboxylic acids is 1. The van der Waals surface area contributed by atoms with Gasteiger partial charge in [-0.25, -0.2) is 9.50 Å². The highest BCUT2D eigenvalue weighted by atomic mass is 16.6. The molecule has 0 radical (unpaired) electrons. The van der Waals surface area contributed by atoms with E-state index in [0.29, 0.717) is 12.2 Å². The van der Waals surface area contributed by atoms with E-state index in [2.05, 4.69) is 15.2 Å². The Kier molecular flexibility index (Phi) is 5.67. The summed E-state index contributed by atoms with van der Waals surface area (Å²) in [6, 6.07) is 15.2. The highest BCUT2D eigenvalue weighted by Gasteiger charge is 2.16. The second kappa shape index (κ2) is 8.93. The lowest BCUT2D eigenvalue weighted by molar-refractivity contribution is -0.145. The van der Waals surface area contributed by atoms with Crippen LogP contribution in [0.1, 0.15) is 29.3 Å². The van der Waals surface area contributed by atoms with Crippen molar-refractivity contribution in [3.8, 4) is 17.1 Å². The van der Waals surface area contributed by atoms with E-state index in [1.807, 2.05) is 66.9 Å². The normalized spacial score (nSPS) is 11.3. The minimum absolute atomic E-state index is 0.0816. The lowest BCUT2D eigenvalue weighted by Gasteiger charge is -2.10. The topological polar surface area (TPSA) is 105 Å². The Hall–Kier alpha value is -4.27. The van der Waals surface area contributed by atoms with Crippen LogP contribution in [0.15, 0.2) is 53.1 Å². The highest BCUT2D eigenvalue weighted by Crippen LogP contribution is 2.23. The van der Waals surface area contributed by atoms with E-state index in [-0.39, 0.29) is 24.9 Å². The first-order valence-corrected chi connectivity index (χ1v) is 10.9. The first-order valence-electron chi connectivity index (χ1n) is 10.9. The van der Waals surface area contributed by atoms with Gasteiger partial charge in [-0.2, -0.15) is 10.1 Å². The van der Waals surface area contributed by atoms with E-state index < -0.39 is 0 Å². The summed E-state index contributed by atoms with van der Waals surface area (Å²) in [6.07, 6.45) is 0.700. The molecule has 0 spiro atoms. The van der Waals surface area contributed by atoms with Crippen LogP contribution in [-0.4, -0.2) is 37.8 Å². The van der Waals surface area contributed by atoms with Crippen LogP contribution in [0, 0.1) is 13.8 Å². The van der Waals surface area contributed by atoms with E-state index >= 15 is 0 Å². The zero-order valence-electron chi connectivity index (χ0n) is 19.1. The second-order valence-corrected chi connectivity index (χ2v) is 7.91. The largest absolute Gasteiger partial charge is 0.497 e. The van der Waals surface area contributed by atoms with Gasteiger partial charge in [0, 0.05) is 28.8 Å². The Labute approximate surface area is 195 Å². The number of esters is 1. The van der Waals surface area contributed by atoms with Crippen LogP contribution in [0.4, 0.5) is 0 Å². The van der Waals surface area contributed by atoms with Crippen molar-refractivity contribution in [2.75, 3.05) is 7.11 Å². The monoisotopic (exact) mass is 457 g/mol. The van der Waals surface area contributed by atoms with Gasteiger partial charge in [-0.15, -0.1) is 0 Å². The van der Waals surface area contributed by atoms with Crippen molar-refractivity contribution < 1.29 is 18.8 Å². The van der Waals surface area contributed by atoms with Gasteiger partial charge >= 0.3 is 5.97 Å². The third-order valence-corrected chi connectivity index (χ3v) is 5.77. The molecule has 0 amide bonds. The number of fused-ring (bicyclic) bond motifs is 3. The molecule has 0 saturated heterocycles. The van der Waals surface area contributed by atoms with Gasteiger partial charge in [0.1, 0.15) is 5.75 Å². The van der Waals surface area contributed by atoms with Crippen LogP contribution in [0.3, 0.4) is 0 Å². The maximum atomic E-state index is 12.4. The van der Waals surface area contributed by atoms with Crippen LogP contribution < -0.4 is 4.74 Å². The van der Waals surface area contributed by atoms with Crippen molar-refractivity contribution in [3.63, 3.8) is 0 Å². The Balaban J connectivity index is 1.23. The molecule has 3 aromatic heterocycles. The van der Waals surface area contributed by atoms with Crippen LogP contribution in [-0.2, 0) is 22.6 Å². The van der Waals surface area contributed by atoms with Crippen molar-refractivity contribution in [3.05, 3.63) is 71.4 Å². The van der Waals surface area contributed by atoms with Crippen molar-refractivity contribution in [1.82, 2.24) is 24.7 Å². The Morgan fingerprint density at radius 3 is 2.65 bits per heavy atom. The first kappa shape index (κ1) is 21.6. The number of ether oxygens (including phenoxy) is 2. The summed E-state index contributed by atoms with van der Waals surface area (Å²) >= 11 is 0. The summed E-state index contributed by atoms with van der Waals surface area (Å²) < 4.78 is 17.6. The van der Waals surface area contributed by atoms with E-state index in [9.17, 15) is 4.79 Å². The molecule has 0 N–H and O–H groups in total. The van der Waals surface area contributed by atoms with Crippen LogP contribution >= 0.6 is 0 Å². The van der Waals surface area contributed by atoms with Crippen LogP contribution in [0.5, 0.6) is 5.75 Å². The maximum absolute atomic E-state index is 12.4. The fourth-order valence-electron chi connectivity index (χ4n) is 3.95. The number of benzene rings is 2. The molecule has 0 unspecified atom stereocenters. The summed E-state index contributed by atoms with van der Waals surface area (Å²) in [7, 11) is 1.60. The number of rotatable bonds is 7. The van der Waals surface area contributed by atoms with Gasteiger partial charge in [0.05, 0.1) is 12.6 Å². The molecule has 5 aromatic rings. The Morgan fingerprint density at radius 2 is 1.85 bits per heavy atom. The van der Waals surface area contributed by atoms with Gasteiger partial charge < -0.3 is 14.0 Å². The number of aryl methyl sites for hydroxylation is 2. The zero-order valence-corrected chi connectivity index (χ0v) is 19.1. The van der Waals surface area contributed by atoms with Crippen molar-refractivity contribution in [1.29, 1.82) is 0 Å². The number of aromatic nitrogens is 5. The number of methoxy groups -OCH3 is 1. The molecule has 0 bridgehead atoms. The molecule has 0 aliphatic rings. The molecule has 9 heteroatoms. The van der Waals surface area contributed by atoms with Gasteiger partial charge in [-0.1, -0.05) is 17.3 Å². The van der Waals surface area contributed by atoms with Crippen LogP contribution in [0.25, 0.3) is 27.9 Å². The Bertz CT molecular complexity index is 1490. The van der Waals surface area contributed by atoms with Gasteiger partial charge in [0.2, 0.25) is 5.82 Å². The molecule has 0 aliphatic carbocycles. The number of hydrogen-bond acceptors (Lipinski definition) is 8. The zero-order chi connectivity index (χ0) is 23.7. The molecule has 5 rings (SSSR count). The van der Waals surface area contributed by atoms with Crippen molar-refractivity contribution in [2.24, 2.45) is 0 Å². The van der Waals surface area contributed by atoms with Crippen molar-refractivity contribution >= 4 is 22.5 Å². The SMILES string of the molecule is COc1ccc(-c2noc(COC(=O)CCc3c(C)nc4c5ccccc5nn4c3C)n2)cc1. The second-order valence-electron chi connectivity index (χ2n) is 7.91. The summed E-state index contributed by atoms with van der Waals surface area (Å²) in [5, 5.41) is 9.61. The maximum Gasteiger partial charge on any atom is 0.306 e. The van der Waals surface area contributed by atoms with Gasteiger partial charge in [-0.3, -0.25) is 4.79 Å². The Morgan fingerprint density at radius 1 is 1.06 bits per heavy atom. The lowest BCUT2D eigenvalue weighted by atomic mass is 10.1. The molecule has 3 heterocycles. The standard InChI is InChI=1S/C25H23N5O4/c1-15-19(16(2)30-25(26-15)20-6-4-5-7-21(20)28-30)12-13-23(31)33-14-22-27-24(29-34-22)17-8-10-18(32-3)11-9-17/h4-11H,12-14H2,1-3H3. The predicted octanol–water partition coefficient (Wildman–Crippen LogP) is 4.23. The number of hydrogen-bond donors (Lipinski definition) is 0. The van der Waals surface area contributed by atoms with Gasteiger partial charge in [-0.05, 0) is 62.2 Å². The van der Waals surface area contributed by atoms with Crippen LogP contribution in [0.2, 0.25) is 0 Å². The average Bonchev–Trinajstić information content (AvgIpc) is 3.48. The fourth-order valence-corrected chi connectivity index (χ4v) is 3.95. The summed E-state index contributed by atoms with van der Waals surface area (Å²) in [6.45, 7) is 3.86. The first-order chi connectivity index (χ1) is 16.5. The third kappa shape index (κ3) is 4.07. The summed E-state index contributed by atoms with van der Waals surface area (Å²) in [5.41, 5.74) is 5.32.